The zero-order chi connectivity index (χ0) is 12.2. The minimum atomic E-state index is -1.24. The summed E-state index contributed by atoms with van der Waals surface area (Å²) in [7, 11) is 0. The number of carbonyl (C=O) groups excluding carboxylic acids is 2. The van der Waals surface area contributed by atoms with E-state index < -0.39 is 11.9 Å². The standard InChI is InChI=1S/C12H20O4.Na/c1-2-3-4-5-6-7-10-16-12(15)9-8-11(13)14;/h7,10H,2-6,8-9H2,1H3,(H,13,14);/q;+1/p-1/b10-7+;. The van der Waals surface area contributed by atoms with Crippen LogP contribution >= 0.6 is 0 Å². The van der Waals surface area contributed by atoms with Crippen LogP contribution in [-0.2, 0) is 14.3 Å². The van der Waals surface area contributed by atoms with Crippen molar-refractivity contribution in [3.63, 3.8) is 0 Å². The van der Waals surface area contributed by atoms with Gasteiger partial charge >= 0.3 is 35.5 Å². The molecule has 0 heterocycles. The molecule has 0 saturated carbocycles. The van der Waals surface area contributed by atoms with E-state index in [9.17, 15) is 14.7 Å². The molecule has 0 aromatic carbocycles. The van der Waals surface area contributed by atoms with Gasteiger partial charge in [-0.1, -0.05) is 26.2 Å². The van der Waals surface area contributed by atoms with Crippen molar-refractivity contribution >= 4 is 11.9 Å². The van der Waals surface area contributed by atoms with Crippen molar-refractivity contribution in [2.24, 2.45) is 0 Å². The third-order valence-electron chi connectivity index (χ3n) is 2.05. The van der Waals surface area contributed by atoms with Crippen molar-refractivity contribution in [3.05, 3.63) is 12.3 Å². The van der Waals surface area contributed by atoms with E-state index in [2.05, 4.69) is 11.7 Å². The van der Waals surface area contributed by atoms with E-state index in [1.165, 1.54) is 25.5 Å². The van der Waals surface area contributed by atoms with Crippen LogP contribution in [-0.4, -0.2) is 11.9 Å². The first-order valence-corrected chi connectivity index (χ1v) is 5.71. The first kappa shape index (κ1) is 19.0. The first-order chi connectivity index (χ1) is 7.66. The van der Waals surface area contributed by atoms with Gasteiger partial charge in [0.1, 0.15) is 0 Å². The van der Waals surface area contributed by atoms with Crippen LogP contribution in [0.2, 0.25) is 0 Å². The quantitative estimate of drug-likeness (QED) is 0.217. The number of aliphatic carboxylic acids is 1. The second kappa shape index (κ2) is 13.7. The van der Waals surface area contributed by atoms with Gasteiger partial charge in [0.25, 0.3) is 0 Å². The maximum Gasteiger partial charge on any atom is 1.00 e. The molecule has 92 valence electrons. The zero-order valence-electron chi connectivity index (χ0n) is 10.7. The summed E-state index contributed by atoms with van der Waals surface area (Å²) < 4.78 is 4.69. The zero-order valence-corrected chi connectivity index (χ0v) is 12.7. The summed E-state index contributed by atoms with van der Waals surface area (Å²) in [6.45, 7) is 2.15. The maximum absolute atomic E-state index is 10.9. The molecular formula is C12H19NaO4. The second-order valence-corrected chi connectivity index (χ2v) is 3.58. The van der Waals surface area contributed by atoms with Gasteiger partial charge in [-0.05, 0) is 25.3 Å². The molecule has 0 bridgehead atoms. The van der Waals surface area contributed by atoms with E-state index in [4.69, 9.17) is 0 Å². The topological polar surface area (TPSA) is 66.4 Å². The Morgan fingerprint density at radius 3 is 2.47 bits per heavy atom. The van der Waals surface area contributed by atoms with Gasteiger partial charge in [0.2, 0.25) is 0 Å². The molecule has 0 fully saturated rings. The molecule has 0 unspecified atom stereocenters. The number of carbonyl (C=O) groups is 2. The van der Waals surface area contributed by atoms with Gasteiger partial charge in [-0.3, -0.25) is 4.79 Å². The number of unbranched alkanes of at least 4 members (excludes halogenated alkanes) is 4. The van der Waals surface area contributed by atoms with Gasteiger partial charge in [-0.15, -0.1) is 0 Å². The summed E-state index contributed by atoms with van der Waals surface area (Å²) in [5.41, 5.74) is 0. The molecule has 0 rings (SSSR count). The second-order valence-electron chi connectivity index (χ2n) is 3.58. The van der Waals surface area contributed by atoms with Gasteiger partial charge in [-0.2, -0.15) is 0 Å². The molecule has 0 saturated heterocycles. The van der Waals surface area contributed by atoms with E-state index in [0.29, 0.717) is 0 Å². The van der Waals surface area contributed by atoms with Crippen molar-refractivity contribution in [2.75, 3.05) is 0 Å². The van der Waals surface area contributed by atoms with Crippen molar-refractivity contribution in [1.29, 1.82) is 0 Å². The van der Waals surface area contributed by atoms with Gasteiger partial charge < -0.3 is 14.6 Å². The van der Waals surface area contributed by atoms with Gasteiger partial charge in [-0.25, -0.2) is 0 Å². The van der Waals surface area contributed by atoms with E-state index in [0.717, 1.165) is 12.8 Å². The van der Waals surface area contributed by atoms with Gasteiger partial charge in [0.15, 0.2) is 0 Å². The fourth-order valence-corrected chi connectivity index (χ4v) is 1.14. The smallest absolute Gasteiger partial charge is 0.550 e. The minimum absolute atomic E-state index is 0. The third-order valence-corrected chi connectivity index (χ3v) is 2.05. The largest absolute Gasteiger partial charge is 1.00 e. The summed E-state index contributed by atoms with van der Waals surface area (Å²) in [5.74, 6) is -1.77. The third kappa shape index (κ3) is 15.7. The number of hydrogen-bond donors (Lipinski definition) is 0. The number of esters is 1. The van der Waals surface area contributed by atoms with Crippen LogP contribution in [0, 0.1) is 0 Å². The van der Waals surface area contributed by atoms with Crippen LogP contribution in [0.5, 0.6) is 0 Å². The van der Waals surface area contributed by atoms with E-state index in [-0.39, 0.29) is 42.4 Å². The summed E-state index contributed by atoms with van der Waals surface area (Å²) in [5, 5.41) is 10.0. The molecule has 0 amide bonds. The molecule has 0 atom stereocenters. The fraction of sp³-hybridized carbons (Fsp3) is 0.667. The molecule has 0 radical (unpaired) electrons. The van der Waals surface area contributed by atoms with E-state index in [1.54, 1.807) is 6.08 Å². The average molecular weight is 250 g/mol. The molecule has 0 aliphatic rings. The van der Waals surface area contributed by atoms with Crippen molar-refractivity contribution in [3.8, 4) is 0 Å². The van der Waals surface area contributed by atoms with Gasteiger partial charge in [0.05, 0.1) is 12.7 Å². The number of carboxylic acid groups (broad SMARTS) is 1. The number of hydrogen-bond acceptors (Lipinski definition) is 4. The summed E-state index contributed by atoms with van der Waals surface area (Å²) >= 11 is 0. The Balaban J connectivity index is 0. The van der Waals surface area contributed by atoms with Crippen LogP contribution < -0.4 is 34.7 Å². The molecule has 5 heteroatoms. The number of allylic oxidation sites excluding steroid dienone is 1. The predicted octanol–water partition coefficient (Wildman–Crippen LogP) is -1.45. The van der Waals surface area contributed by atoms with Crippen LogP contribution in [0.25, 0.3) is 0 Å². The molecule has 0 aromatic heterocycles. The number of ether oxygens (including phenoxy) is 1. The maximum atomic E-state index is 10.9. The molecular weight excluding hydrogens is 231 g/mol. The van der Waals surface area contributed by atoms with E-state index in [1.807, 2.05) is 0 Å². The molecule has 0 aromatic rings. The molecule has 4 nitrogen and oxygen atoms in total. The van der Waals surface area contributed by atoms with Crippen molar-refractivity contribution < 1.29 is 49.0 Å². The minimum Gasteiger partial charge on any atom is -0.550 e. The molecule has 0 aliphatic heterocycles. The Labute approximate surface area is 125 Å². The SMILES string of the molecule is CCCCCC/C=C/OC(=O)CCC(=O)[O-].[Na+]. The van der Waals surface area contributed by atoms with Gasteiger partial charge in [0, 0.05) is 5.97 Å². The average Bonchev–Trinajstić information content (AvgIpc) is 2.25. The first-order valence-electron chi connectivity index (χ1n) is 5.71. The molecule has 0 aliphatic carbocycles. The fourth-order valence-electron chi connectivity index (χ4n) is 1.14. The number of rotatable bonds is 9. The van der Waals surface area contributed by atoms with Crippen molar-refractivity contribution in [1.82, 2.24) is 0 Å². The summed E-state index contributed by atoms with van der Waals surface area (Å²) in [6, 6.07) is 0. The Bertz CT molecular complexity index is 239. The Hall–Kier alpha value is -0.320. The number of carboxylic acids is 1. The summed E-state index contributed by atoms with van der Waals surface area (Å²) in [6.07, 6.45) is 8.26. The molecule has 0 N–H and O–H groups in total. The van der Waals surface area contributed by atoms with Crippen LogP contribution in [0.4, 0.5) is 0 Å². The van der Waals surface area contributed by atoms with Crippen molar-refractivity contribution in [2.45, 2.75) is 51.9 Å². The Morgan fingerprint density at radius 1 is 1.18 bits per heavy atom. The predicted molar refractivity (Wildman–Crippen MR) is 58.2 cm³/mol. The Morgan fingerprint density at radius 2 is 1.88 bits per heavy atom. The Kier molecular flexibility index (Phi) is 15.4. The molecule has 0 spiro atoms. The van der Waals surface area contributed by atoms with E-state index >= 15 is 0 Å². The molecule has 17 heavy (non-hydrogen) atoms. The normalized spacial score (nSPS) is 9.94. The van der Waals surface area contributed by atoms with Crippen LogP contribution in [0.15, 0.2) is 12.3 Å². The monoisotopic (exact) mass is 250 g/mol. The summed E-state index contributed by atoms with van der Waals surface area (Å²) in [4.78, 5) is 21.0. The van der Waals surface area contributed by atoms with Crippen LogP contribution in [0.3, 0.4) is 0 Å². The van der Waals surface area contributed by atoms with Crippen LogP contribution in [0.1, 0.15) is 51.9 Å².